The SMILES string of the molecule is COC(=O)C[C@H](C(=O)OC)N1C(=O)[C@@H](N2C(=O)c3ccccc3C2=O)[C@H]1C=Cc1ccccc1. The van der Waals surface area contributed by atoms with Gasteiger partial charge in [-0.25, -0.2) is 4.79 Å². The Kier molecular flexibility index (Phi) is 6.27. The molecule has 1 fully saturated rings. The van der Waals surface area contributed by atoms with Crippen molar-refractivity contribution < 1.29 is 33.4 Å². The third kappa shape index (κ3) is 3.85. The van der Waals surface area contributed by atoms with Crippen LogP contribution in [0.3, 0.4) is 0 Å². The van der Waals surface area contributed by atoms with Crippen molar-refractivity contribution in [3.05, 3.63) is 77.4 Å². The molecule has 0 spiro atoms. The summed E-state index contributed by atoms with van der Waals surface area (Å²) in [5.74, 6) is -3.33. The molecular formula is C25H22N2O7. The quantitative estimate of drug-likeness (QED) is 0.350. The molecule has 0 saturated carbocycles. The number of methoxy groups -OCH3 is 2. The molecule has 0 radical (unpaired) electrons. The highest BCUT2D eigenvalue weighted by Gasteiger charge is 2.58. The molecule has 2 aliphatic rings. The summed E-state index contributed by atoms with van der Waals surface area (Å²) in [6, 6.07) is 12.2. The van der Waals surface area contributed by atoms with E-state index in [1.807, 2.05) is 30.3 Å². The predicted octanol–water partition coefficient (Wildman–Crippen LogP) is 1.68. The third-order valence-electron chi connectivity index (χ3n) is 5.94. The smallest absolute Gasteiger partial charge is 0.329 e. The van der Waals surface area contributed by atoms with E-state index in [4.69, 9.17) is 4.74 Å². The molecule has 2 heterocycles. The van der Waals surface area contributed by atoms with Gasteiger partial charge in [0.05, 0.1) is 37.8 Å². The van der Waals surface area contributed by atoms with Crippen molar-refractivity contribution in [3.8, 4) is 0 Å². The van der Waals surface area contributed by atoms with E-state index in [1.54, 1.807) is 24.3 Å². The van der Waals surface area contributed by atoms with Crippen molar-refractivity contribution >= 4 is 35.7 Å². The van der Waals surface area contributed by atoms with Gasteiger partial charge in [-0.2, -0.15) is 0 Å². The minimum absolute atomic E-state index is 0.212. The second-order valence-corrected chi connectivity index (χ2v) is 7.80. The Balaban J connectivity index is 1.72. The fourth-order valence-electron chi connectivity index (χ4n) is 4.25. The molecule has 3 amide bonds. The number of ether oxygens (including phenoxy) is 2. The molecule has 0 unspecified atom stereocenters. The number of hydrogen-bond donors (Lipinski definition) is 0. The lowest BCUT2D eigenvalue weighted by atomic mass is 9.89. The Morgan fingerprint density at radius 1 is 0.912 bits per heavy atom. The van der Waals surface area contributed by atoms with Crippen LogP contribution in [-0.4, -0.2) is 71.8 Å². The van der Waals surface area contributed by atoms with Gasteiger partial charge in [0.1, 0.15) is 12.1 Å². The van der Waals surface area contributed by atoms with Crippen LogP contribution in [0.15, 0.2) is 60.7 Å². The van der Waals surface area contributed by atoms with Crippen LogP contribution in [0.25, 0.3) is 6.08 Å². The maximum atomic E-state index is 13.3. The Morgan fingerprint density at radius 3 is 2.06 bits per heavy atom. The van der Waals surface area contributed by atoms with Crippen molar-refractivity contribution in [3.63, 3.8) is 0 Å². The molecule has 2 aromatic rings. The molecule has 34 heavy (non-hydrogen) atoms. The van der Waals surface area contributed by atoms with Crippen molar-refractivity contribution in [1.82, 2.24) is 9.80 Å². The molecule has 0 aromatic heterocycles. The highest BCUT2D eigenvalue weighted by atomic mass is 16.5. The van der Waals surface area contributed by atoms with Gasteiger partial charge < -0.3 is 14.4 Å². The van der Waals surface area contributed by atoms with Gasteiger partial charge in [-0.1, -0.05) is 54.6 Å². The van der Waals surface area contributed by atoms with Crippen LogP contribution in [0, 0.1) is 0 Å². The van der Waals surface area contributed by atoms with Crippen LogP contribution in [0.2, 0.25) is 0 Å². The number of rotatable bonds is 7. The number of β-lactam (4-membered cyclic amide) rings is 1. The van der Waals surface area contributed by atoms with Gasteiger partial charge in [0.25, 0.3) is 11.8 Å². The number of carbonyl (C=O) groups excluding carboxylic acids is 5. The van der Waals surface area contributed by atoms with Crippen molar-refractivity contribution in [2.45, 2.75) is 24.5 Å². The van der Waals surface area contributed by atoms with E-state index in [2.05, 4.69) is 4.74 Å². The number of carbonyl (C=O) groups is 5. The van der Waals surface area contributed by atoms with Crippen LogP contribution < -0.4 is 0 Å². The topological polar surface area (TPSA) is 110 Å². The first-order valence-corrected chi connectivity index (χ1v) is 10.6. The van der Waals surface area contributed by atoms with Crippen LogP contribution in [0.1, 0.15) is 32.7 Å². The number of esters is 2. The first-order chi connectivity index (χ1) is 16.4. The number of hydrogen-bond acceptors (Lipinski definition) is 7. The summed E-state index contributed by atoms with van der Waals surface area (Å²) < 4.78 is 9.49. The van der Waals surface area contributed by atoms with E-state index in [1.165, 1.54) is 19.2 Å². The average Bonchev–Trinajstić information content (AvgIpc) is 3.11. The first kappa shape index (κ1) is 22.9. The Hall–Kier alpha value is -4.27. The van der Waals surface area contributed by atoms with Crippen LogP contribution >= 0.6 is 0 Å². The highest BCUT2D eigenvalue weighted by Crippen LogP contribution is 2.36. The molecule has 0 N–H and O–H groups in total. The maximum Gasteiger partial charge on any atom is 0.329 e. The number of nitrogens with zero attached hydrogens (tertiary/aromatic N) is 2. The zero-order valence-electron chi connectivity index (χ0n) is 18.5. The Bertz CT molecular complexity index is 1160. The molecule has 0 bridgehead atoms. The molecule has 9 nitrogen and oxygen atoms in total. The normalized spacial score (nSPS) is 20.2. The highest BCUT2D eigenvalue weighted by molar-refractivity contribution is 6.23. The van der Waals surface area contributed by atoms with E-state index in [0.29, 0.717) is 0 Å². The Labute approximate surface area is 195 Å². The lowest BCUT2D eigenvalue weighted by Gasteiger charge is -2.50. The van der Waals surface area contributed by atoms with Crippen molar-refractivity contribution in [1.29, 1.82) is 0 Å². The standard InChI is InChI=1S/C25H22N2O7/c1-33-20(28)14-19(25(32)34-2)26-18(13-12-15-8-4-3-5-9-15)21(24(26)31)27-22(29)16-10-6-7-11-17(16)23(27)30/h3-13,18-19,21H,14H2,1-2H3/t18-,19-,21+/m1/s1. The average molecular weight is 462 g/mol. The van der Waals surface area contributed by atoms with Crippen molar-refractivity contribution in [2.75, 3.05) is 14.2 Å². The summed E-state index contributed by atoms with van der Waals surface area (Å²) in [5.41, 5.74) is 1.23. The summed E-state index contributed by atoms with van der Waals surface area (Å²) in [6.45, 7) is 0. The minimum Gasteiger partial charge on any atom is -0.469 e. The van der Waals surface area contributed by atoms with Gasteiger partial charge in [-0.3, -0.25) is 24.1 Å². The summed E-state index contributed by atoms with van der Waals surface area (Å²) in [7, 11) is 2.32. The summed E-state index contributed by atoms with van der Waals surface area (Å²) in [4.78, 5) is 66.0. The summed E-state index contributed by atoms with van der Waals surface area (Å²) in [6.07, 6.45) is 2.93. The van der Waals surface area contributed by atoms with E-state index < -0.39 is 54.2 Å². The number of likely N-dealkylation sites (tertiary alicyclic amines) is 1. The zero-order chi connectivity index (χ0) is 24.4. The van der Waals surface area contributed by atoms with E-state index in [0.717, 1.165) is 22.5 Å². The largest absolute Gasteiger partial charge is 0.469 e. The first-order valence-electron chi connectivity index (χ1n) is 10.6. The predicted molar refractivity (Wildman–Crippen MR) is 119 cm³/mol. The number of amides is 3. The monoisotopic (exact) mass is 462 g/mol. The Morgan fingerprint density at radius 2 is 1.50 bits per heavy atom. The van der Waals surface area contributed by atoms with Gasteiger partial charge in [-0.15, -0.1) is 0 Å². The van der Waals surface area contributed by atoms with Crippen LogP contribution in [0.5, 0.6) is 0 Å². The molecule has 1 saturated heterocycles. The van der Waals surface area contributed by atoms with Gasteiger partial charge in [-0.05, 0) is 17.7 Å². The van der Waals surface area contributed by atoms with Crippen molar-refractivity contribution in [2.24, 2.45) is 0 Å². The summed E-state index contributed by atoms with van der Waals surface area (Å²) in [5, 5.41) is 0. The molecular weight excluding hydrogens is 440 g/mol. The second-order valence-electron chi connectivity index (χ2n) is 7.80. The van der Waals surface area contributed by atoms with Crippen LogP contribution in [0.4, 0.5) is 0 Å². The third-order valence-corrected chi connectivity index (χ3v) is 5.94. The van der Waals surface area contributed by atoms with Crippen LogP contribution in [-0.2, 0) is 23.9 Å². The lowest BCUT2D eigenvalue weighted by Crippen LogP contribution is -2.74. The fraction of sp³-hybridized carbons (Fsp3) is 0.240. The fourth-order valence-corrected chi connectivity index (χ4v) is 4.25. The molecule has 174 valence electrons. The van der Waals surface area contributed by atoms with E-state index in [-0.39, 0.29) is 11.1 Å². The number of fused-ring (bicyclic) bond motifs is 1. The molecule has 2 aromatic carbocycles. The van der Waals surface area contributed by atoms with Gasteiger partial charge in [0, 0.05) is 0 Å². The van der Waals surface area contributed by atoms with Gasteiger partial charge >= 0.3 is 11.9 Å². The molecule has 0 aliphatic carbocycles. The molecule has 9 heteroatoms. The maximum absolute atomic E-state index is 13.3. The van der Waals surface area contributed by atoms with Gasteiger partial charge in [0.2, 0.25) is 5.91 Å². The molecule has 4 rings (SSSR count). The number of imide groups is 1. The second kappa shape index (κ2) is 9.30. The minimum atomic E-state index is -1.28. The molecule has 3 atom stereocenters. The van der Waals surface area contributed by atoms with E-state index in [9.17, 15) is 24.0 Å². The molecule has 2 aliphatic heterocycles. The summed E-state index contributed by atoms with van der Waals surface area (Å²) >= 11 is 0. The number of benzene rings is 2. The van der Waals surface area contributed by atoms with Gasteiger partial charge in [0.15, 0.2) is 0 Å². The zero-order valence-corrected chi connectivity index (χ0v) is 18.5. The lowest BCUT2D eigenvalue weighted by molar-refractivity contribution is -0.170. The van der Waals surface area contributed by atoms with E-state index >= 15 is 0 Å².